The number of rotatable bonds is 14. The van der Waals surface area contributed by atoms with Crippen molar-refractivity contribution in [1.82, 2.24) is 0 Å². The molecule has 3 aliphatic rings. The number of carbonyl (C=O) groups is 4. The highest BCUT2D eigenvalue weighted by Gasteiger charge is 2.58. The van der Waals surface area contributed by atoms with E-state index in [1.54, 1.807) is 0 Å². The number of benzene rings is 3. The number of aliphatic carboxylic acids is 3. The van der Waals surface area contributed by atoms with E-state index in [0.29, 0.717) is 0 Å². The average Bonchev–Trinajstić information content (AvgIpc) is 3.29. The Hall–Kier alpha value is -6.95. The van der Waals surface area contributed by atoms with E-state index in [2.05, 4.69) is 0 Å². The molecule has 3 aromatic carbocycles. The van der Waals surface area contributed by atoms with E-state index in [0.717, 1.165) is 30.4 Å². The minimum Gasteiger partial charge on any atom is -0.508 e. The van der Waals surface area contributed by atoms with Gasteiger partial charge in [0, 0.05) is 29.8 Å². The fraction of sp³-hybridized carbons (Fsp3) is 0.372. The number of methoxy groups -OCH3 is 1. The number of esters is 1. The molecule has 15 atom stereocenters. The first-order valence-corrected chi connectivity index (χ1v) is 20.2. The predicted molar refractivity (Wildman–Crippen MR) is 220 cm³/mol. The molecule has 7 rings (SSSR count). The van der Waals surface area contributed by atoms with E-state index in [1.165, 1.54) is 49.6 Å². The third kappa shape index (κ3) is 10.4. The zero-order chi connectivity index (χ0) is 50.2. The molecule has 26 nitrogen and oxygen atoms in total. The van der Waals surface area contributed by atoms with Crippen LogP contribution < -0.4 is 14.9 Å². The van der Waals surface area contributed by atoms with E-state index in [9.17, 15) is 85.3 Å². The molecule has 15 unspecified atom stereocenters. The molecule has 69 heavy (non-hydrogen) atoms. The molecule has 370 valence electrons. The zero-order valence-electron chi connectivity index (χ0n) is 35.2. The normalized spacial score (nSPS) is 31.5. The van der Waals surface area contributed by atoms with E-state index < -0.39 is 138 Å². The number of hydrogen-bond donors (Lipinski definition) is 12. The highest BCUT2D eigenvalue weighted by atomic mass is 16.8. The number of hydrogen-bond acceptors (Lipinski definition) is 23. The molecular formula is C43H42O26. The van der Waals surface area contributed by atoms with Gasteiger partial charge in [-0.15, -0.1) is 0 Å². The lowest BCUT2D eigenvalue weighted by Gasteiger charge is -2.48. The van der Waals surface area contributed by atoms with Gasteiger partial charge in [0.25, 0.3) is 0 Å². The lowest BCUT2D eigenvalue weighted by molar-refractivity contribution is -0.377. The van der Waals surface area contributed by atoms with Gasteiger partial charge >= 0.3 is 23.9 Å². The van der Waals surface area contributed by atoms with Gasteiger partial charge in [0.15, 0.2) is 60.0 Å². The van der Waals surface area contributed by atoms with E-state index in [-0.39, 0.29) is 39.7 Å². The summed E-state index contributed by atoms with van der Waals surface area (Å²) >= 11 is 0. The second-order valence-corrected chi connectivity index (χ2v) is 15.6. The molecule has 3 aliphatic heterocycles. The maximum absolute atomic E-state index is 13.3. The lowest BCUT2D eigenvalue weighted by atomic mass is 9.95. The molecule has 1 aromatic heterocycles. The zero-order valence-corrected chi connectivity index (χ0v) is 35.2. The minimum atomic E-state index is -2.52. The number of phenolic OH excluding ortho intramolecular Hbond substituents is 3. The Morgan fingerprint density at radius 1 is 0.609 bits per heavy atom. The summed E-state index contributed by atoms with van der Waals surface area (Å²) in [5, 5.41) is 126. The average molecular weight is 975 g/mol. The van der Waals surface area contributed by atoms with Crippen LogP contribution in [0.3, 0.4) is 0 Å². The number of aliphatic hydroxyl groups excluding tert-OH is 6. The molecule has 0 bridgehead atoms. The molecule has 0 amide bonds. The highest BCUT2D eigenvalue weighted by molar-refractivity contribution is 5.88. The van der Waals surface area contributed by atoms with Crippen molar-refractivity contribution in [1.29, 1.82) is 0 Å². The number of aliphatic hydroxyl groups is 6. The van der Waals surface area contributed by atoms with Gasteiger partial charge in [-0.2, -0.15) is 0 Å². The number of ether oxygens (including phenoxy) is 8. The summed E-state index contributed by atoms with van der Waals surface area (Å²) in [5.74, 6) is -8.85. The molecule has 0 spiro atoms. The Morgan fingerprint density at radius 2 is 1.20 bits per heavy atom. The second-order valence-electron chi connectivity index (χ2n) is 15.6. The summed E-state index contributed by atoms with van der Waals surface area (Å²) in [4.78, 5) is 63.4. The van der Waals surface area contributed by atoms with Gasteiger partial charge in [-0.05, 0) is 48.0 Å². The van der Waals surface area contributed by atoms with Crippen molar-refractivity contribution >= 4 is 40.9 Å². The maximum atomic E-state index is 13.3. The number of phenols is 3. The third-order valence-electron chi connectivity index (χ3n) is 11.0. The third-order valence-corrected chi connectivity index (χ3v) is 11.0. The monoisotopic (exact) mass is 974 g/mol. The first-order valence-electron chi connectivity index (χ1n) is 20.2. The van der Waals surface area contributed by atoms with Gasteiger partial charge < -0.3 is 104 Å². The molecule has 4 heterocycles. The standard InChI is InChI=1S/C43H42O26/c1-61-22-10-14(2-8-18(22)45)3-9-24(48)64-36-29(52)28(51)34(39(57)58)67-42(36)69-37-32(65-41-30(53)26(49)27(50)33(66-41)38(55)56)31(54)35(40(59)60)68-43(37)62-17-11-19(46)25-20(47)13-21(63-23(25)12-17)15-4-6-16(44)7-5-15/h2-13,26-37,41-46,49-54H,1H3,(H,55,56)(H,57,58)(H,59,60). The first kappa shape index (κ1) is 49.9. The van der Waals surface area contributed by atoms with Crippen molar-refractivity contribution in [2.45, 2.75) is 92.1 Å². The number of carboxylic acids is 3. The Bertz CT molecular complexity index is 2650. The second kappa shape index (κ2) is 20.3. The molecule has 0 radical (unpaired) electrons. The van der Waals surface area contributed by atoms with Crippen LogP contribution in [0.25, 0.3) is 28.4 Å². The SMILES string of the molecule is COc1cc(C=CC(=O)OC2C(OC3C(Oc4cc(O)c5c(=O)cc(-c6ccc(O)cc6)oc5c4)OC(C(=O)O)C(O)C3OC3OC(C(=O)O)C(O)C(O)C3O)OC(C(=O)O)C(O)C2O)ccc1O. The van der Waals surface area contributed by atoms with Crippen molar-refractivity contribution in [2.75, 3.05) is 7.11 Å². The van der Waals surface area contributed by atoms with Crippen molar-refractivity contribution in [3.63, 3.8) is 0 Å². The van der Waals surface area contributed by atoms with E-state index in [4.69, 9.17) is 42.3 Å². The van der Waals surface area contributed by atoms with Gasteiger partial charge in [0.2, 0.25) is 6.29 Å². The number of aromatic hydroxyl groups is 3. The molecule has 3 fully saturated rings. The van der Waals surface area contributed by atoms with Crippen LogP contribution in [0.15, 0.2) is 76.0 Å². The highest BCUT2D eigenvalue weighted by Crippen LogP contribution is 2.38. The summed E-state index contributed by atoms with van der Waals surface area (Å²) in [6.07, 6.45) is -33.7. The Morgan fingerprint density at radius 3 is 1.84 bits per heavy atom. The van der Waals surface area contributed by atoms with E-state index in [1.807, 2.05) is 0 Å². The fourth-order valence-corrected chi connectivity index (χ4v) is 7.52. The van der Waals surface area contributed by atoms with Crippen LogP contribution in [0.5, 0.6) is 28.7 Å². The van der Waals surface area contributed by atoms with Crippen LogP contribution in [0.2, 0.25) is 0 Å². The van der Waals surface area contributed by atoms with Gasteiger partial charge in [0.1, 0.15) is 76.7 Å². The minimum absolute atomic E-state index is 0.00564. The quantitative estimate of drug-likeness (QED) is 0.0478. The topological polar surface area (TPSA) is 415 Å². The molecule has 0 saturated carbocycles. The van der Waals surface area contributed by atoms with Crippen molar-refractivity contribution in [3.8, 4) is 40.1 Å². The first-order chi connectivity index (χ1) is 32.7. The van der Waals surface area contributed by atoms with Crippen LogP contribution in [-0.2, 0) is 47.6 Å². The van der Waals surface area contributed by atoms with Crippen LogP contribution in [0.1, 0.15) is 5.56 Å². The summed E-state index contributed by atoms with van der Waals surface area (Å²) in [6.45, 7) is 0. The van der Waals surface area contributed by atoms with Crippen LogP contribution >= 0.6 is 0 Å². The predicted octanol–water partition coefficient (Wildman–Crippen LogP) is -2.05. The van der Waals surface area contributed by atoms with Crippen LogP contribution in [0.4, 0.5) is 0 Å². The van der Waals surface area contributed by atoms with Crippen molar-refractivity contribution in [3.05, 3.63) is 82.5 Å². The smallest absolute Gasteiger partial charge is 0.335 e. The maximum Gasteiger partial charge on any atom is 0.335 e. The van der Waals surface area contributed by atoms with Gasteiger partial charge in [0.05, 0.1) is 7.11 Å². The molecule has 4 aromatic rings. The van der Waals surface area contributed by atoms with Gasteiger partial charge in [-0.1, -0.05) is 6.07 Å². The largest absolute Gasteiger partial charge is 0.508 e. The summed E-state index contributed by atoms with van der Waals surface area (Å²) in [7, 11) is 1.26. The molecular weight excluding hydrogens is 932 g/mol. The van der Waals surface area contributed by atoms with Gasteiger partial charge in [-0.25, -0.2) is 19.2 Å². The molecule has 26 heteroatoms. The van der Waals surface area contributed by atoms with Crippen LogP contribution in [0, 0.1) is 0 Å². The summed E-state index contributed by atoms with van der Waals surface area (Å²) < 4.78 is 50.3. The van der Waals surface area contributed by atoms with Crippen molar-refractivity contribution in [2.24, 2.45) is 0 Å². The number of carboxylic acid groups (broad SMARTS) is 3. The fourth-order valence-electron chi connectivity index (χ4n) is 7.52. The molecule has 12 N–H and O–H groups in total. The van der Waals surface area contributed by atoms with E-state index >= 15 is 0 Å². The Labute approximate surface area is 385 Å². The number of carbonyl (C=O) groups excluding carboxylic acids is 1. The summed E-state index contributed by atoms with van der Waals surface area (Å²) in [5.41, 5.74) is -0.612. The lowest BCUT2D eigenvalue weighted by Crippen LogP contribution is -2.68. The molecule has 0 aliphatic carbocycles. The number of fused-ring (bicyclic) bond motifs is 1. The van der Waals surface area contributed by atoms with Crippen LogP contribution in [-0.4, -0.2) is 184 Å². The Kier molecular flexibility index (Phi) is 14.7. The van der Waals surface area contributed by atoms with Gasteiger partial charge in [-0.3, -0.25) is 4.79 Å². The Balaban J connectivity index is 1.31. The van der Waals surface area contributed by atoms with Crippen molar-refractivity contribution < 1.29 is 123 Å². The summed E-state index contributed by atoms with van der Waals surface area (Å²) in [6, 6.07) is 12.1. The molecule has 3 saturated heterocycles.